The first-order valence-corrected chi connectivity index (χ1v) is 19.8. The Morgan fingerprint density at radius 2 is 1.39 bits per heavy atom. The van der Waals surface area contributed by atoms with Gasteiger partial charge >= 0.3 is 0 Å². The quantitative estimate of drug-likeness (QED) is 0.234. The number of aliphatic hydroxyl groups is 6. The Kier molecular flexibility index (Phi) is 9.62. The maximum atomic E-state index is 11.1. The van der Waals surface area contributed by atoms with E-state index in [1.54, 1.807) is 13.8 Å². The molecule has 290 valence electrons. The number of allylic oxidation sites excluding steroid dienone is 1. The van der Waals surface area contributed by atoms with Crippen LogP contribution < -0.4 is 0 Å². The first-order chi connectivity index (χ1) is 24.1. The first kappa shape index (κ1) is 37.2. The van der Waals surface area contributed by atoms with E-state index in [1.165, 1.54) is 5.57 Å². The van der Waals surface area contributed by atoms with Crippen molar-refractivity contribution in [3.63, 3.8) is 0 Å². The fourth-order valence-corrected chi connectivity index (χ4v) is 12.6. The Hall–Kier alpha value is -0.740. The summed E-state index contributed by atoms with van der Waals surface area (Å²) in [4.78, 5) is 0. The maximum Gasteiger partial charge on any atom is 0.186 e. The molecule has 0 radical (unpaired) electrons. The van der Waals surface area contributed by atoms with Crippen molar-refractivity contribution < 1.29 is 59.1 Å². The summed E-state index contributed by atoms with van der Waals surface area (Å²) in [7, 11) is 0. The van der Waals surface area contributed by atoms with Gasteiger partial charge in [0.25, 0.3) is 0 Å². The smallest absolute Gasteiger partial charge is 0.186 e. The third kappa shape index (κ3) is 5.67. The van der Waals surface area contributed by atoms with E-state index in [0.29, 0.717) is 42.4 Å². The average molecular weight is 723 g/mol. The zero-order valence-corrected chi connectivity index (χ0v) is 31.0. The van der Waals surface area contributed by atoms with Crippen LogP contribution in [0.3, 0.4) is 0 Å². The van der Waals surface area contributed by atoms with E-state index in [0.717, 1.165) is 45.1 Å². The zero-order chi connectivity index (χ0) is 36.4. The molecule has 0 amide bonds. The summed E-state index contributed by atoms with van der Waals surface area (Å²) in [5.74, 6) is 1.99. The molecule has 12 nitrogen and oxygen atoms in total. The highest BCUT2D eigenvalue weighted by Crippen LogP contribution is 2.71. The summed E-state index contributed by atoms with van der Waals surface area (Å²) in [6, 6.07) is 0. The Bertz CT molecular complexity index is 1320. The van der Waals surface area contributed by atoms with Gasteiger partial charge in [-0.05, 0) is 87.4 Å². The van der Waals surface area contributed by atoms with Crippen LogP contribution in [0.25, 0.3) is 0 Å². The van der Waals surface area contributed by atoms with E-state index in [2.05, 4.69) is 33.8 Å². The monoisotopic (exact) mass is 722 g/mol. The molecular weight excluding hydrogens is 660 g/mol. The van der Waals surface area contributed by atoms with Gasteiger partial charge in [0.1, 0.15) is 36.6 Å². The van der Waals surface area contributed by atoms with Crippen LogP contribution in [0.1, 0.15) is 92.9 Å². The van der Waals surface area contributed by atoms with Gasteiger partial charge in [-0.25, -0.2) is 0 Å². The van der Waals surface area contributed by atoms with Crippen LogP contribution in [0, 0.1) is 46.3 Å². The van der Waals surface area contributed by atoms with Crippen molar-refractivity contribution in [2.75, 3.05) is 6.61 Å². The molecule has 4 saturated heterocycles. The topological polar surface area (TPSA) is 177 Å². The molecule has 0 bridgehead atoms. The van der Waals surface area contributed by atoms with Crippen LogP contribution in [0.15, 0.2) is 11.6 Å². The summed E-state index contributed by atoms with van der Waals surface area (Å²) >= 11 is 0. The standard InChI is InChI=1S/C39H62O12/c1-17-9-12-39(46-16-17)18(2)28-26(51-39)15-25-23-8-7-21-13-22(49-35-33(44)31(42)29(40)19(3)47-35)14-27(38(21,6)24(23)10-11-37(25,28)5)50-36-34(45)32(43)30(41)20(4)48-36/h7,17-20,22-36,40-45H,8-16H2,1-6H3/t17-,18-,19-,20+,22+,23+,24-,25-,26-,27+,28-,29-,30-,31+,32-,33+,34+,35-,36-,37-,38-,39-/m0/s1. The van der Waals surface area contributed by atoms with Gasteiger partial charge in [-0.2, -0.15) is 0 Å². The van der Waals surface area contributed by atoms with Gasteiger partial charge < -0.3 is 59.1 Å². The van der Waals surface area contributed by atoms with Gasteiger partial charge in [0, 0.05) is 24.2 Å². The molecule has 3 saturated carbocycles. The van der Waals surface area contributed by atoms with Gasteiger partial charge in [0.2, 0.25) is 0 Å². The van der Waals surface area contributed by atoms with E-state index in [9.17, 15) is 30.6 Å². The van der Waals surface area contributed by atoms with E-state index >= 15 is 0 Å². The lowest BCUT2D eigenvalue weighted by Gasteiger charge is -2.61. The van der Waals surface area contributed by atoms with E-state index in [1.807, 2.05) is 0 Å². The third-order valence-electron chi connectivity index (χ3n) is 15.6. The summed E-state index contributed by atoms with van der Waals surface area (Å²) in [5, 5.41) is 63.8. The molecule has 8 rings (SSSR count). The molecule has 4 aliphatic heterocycles. The van der Waals surface area contributed by atoms with Gasteiger partial charge in [-0.3, -0.25) is 0 Å². The Labute approximate surface area is 301 Å². The van der Waals surface area contributed by atoms with Crippen LogP contribution in [-0.4, -0.2) is 123 Å². The normalized spacial score (nSPS) is 59.8. The minimum absolute atomic E-state index is 0.119. The van der Waals surface area contributed by atoms with Crippen LogP contribution in [0.5, 0.6) is 0 Å². The molecule has 22 atom stereocenters. The molecule has 12 heteroatoms. The Morgan fingerprint density at radius 1 is 0.745 bits per heavy atom. The predicted molar refractivity (Wildman–Crippen MR) is 182 cm³/mol. The van der Waals surface area contributed by atoms with Crippen molar-refractivity contribution in [3.05, 3.63) is 11.6 Å². The van der Waals surface area contributed by atoms with Crippen LogP contribution in [-0.2, 0) is 28.4 Å². The van der Waals surface area contributed by atoms with E-state index in [4.69, 9.17) is 28.4 Å². The van der Waals surface area contributed by atoms with Crippen molar-refractivity contribution in [3.8, 4) is 0 Å². The summed E-state index contributed by atoms with van der Waals surface area (Å²) in [6.45, 7) is 13.4. The predicted octanol–water partition coefficient (Wildman–Crippen LogP) is 2.39. The number of hydrogen-bond donors (Lipinski definition) is 6. The van der Waals surface area contributed by atoms with Crippen molar-refractivity contribution in [2.24, 2.45) is 46.3 Å². The van der Waals surface area contributed by atoms with Gasteiger partial charge in [0.15, 0.2) is 18.4 Å². The molecule has 6 N–H and O–H groups in total. The summed E-state index contributed by atoms with van der Waals surface area (Å²) in [6.07, 6.45) is -3.33. The lowest BCUT2D eigenvalue weighted by molar-refractivity contribution is -0.329. The molecule has 0 unspecified atom stereocenters. The summed E-state index contributed by atoms with van der Waals surface area (Å²) < 4.78 is 38.5. The Balaban J connectivity index is 1.08. The molecule has 51 heavy (non-hydrogen) atoms. The number of ether oxygens (including phenoxy) is 6. The molecule has 4 aliphatic carbocycles. The van der Waals surface area contributed by atoms with Crippen molar-refractivity contribution in [1.82, 2.24) is 0 Å². The highest BCUT2D eigenvalue weighted by Gasteiger charge is 2.69. The molecule has 0 aromatic carbocycles. The fraction of sp³-hybridized carbons (Fsp3) is 0.949. The molecule has 8 aliphatic rings. The second-order valence-corrected chi connectivity index (χ2v) is 18.3. The van der Waals surface area contributed by atoms with Crippen LogP contribution in [0.2, 0.25) is 0 Å². The minimum Gasteiger partial charge on any atom is -0.388 e. The van der Waals surface area contributed by atoms with Gasteiger partial charge in [0.05, 0.1) is 37.1 Å². The lowest BCUT2D eigenvalue weighted by atomic mass is 9.46. The highest BCUT2D eigenvalue weighted by molar-refractivity contribution is 5.29. The van der Waals surface area contributed by atoms with Crippen LogP contribution >= 0.6 is 0 Å². The number of rotatable bonds is 4. The lowest BCUT2D eigenvalue weighted by Crippen LogP contribution is -2.62. The molecule has 1 spiro atoms. The molecule has 7 fully saturated rings. The summed E-state index contributed by atoms with van der Waals surface area (Å²) in [5.41, 5.74) is 0.868. The average Bonchev–Trinajstić information content (AvgIpc) is 3.55. The molecule has 0 aromatic heterocycles. The largest absolute Gasteiger partial charge is 0.388 e. The number of aliphatic hydroxyl groups excluding tert-OH is 6. The zero-order valence-electron chi connectivity index (χ0n) is 31.0. The second-order valence-electron chi connectivity index (χ2n) is 18.3. The highest BCUT2D eigenvalue weighted by atomic mass is 16.7. The van der Waals surface area contributed by atoms with Crippen LogP contribution in [0.4, 0.5) is 0 Å². The molecular formula is C39H62O12. The third-order valence-corrected chi connectivity index (χ3v) is 15.6. The van der Waals surface area contributed by atoms with E-state index < -0.39 is 84.8 Å². The SMILES string of the molecule is C[C@H]1CC[C@]2(OC1)O[C@H]1C[C@H]3[C@@H]4CC=C5C[C@@H](O[C@@H]6O[C@@H](C)[C@H](O)[C@@H](O)[C@H]6O)C[C@@H](O[C@@H]6O[C@H](C)[C@H](O)[C@H](O)[C@H]6O)[C@]5(C)[C@H]4CC[C@]3(C)[C@H]1[C@@H]2C. The minimum atomic E-state index is -1.45. The maximum absolute atomic E-state index is 11.1. The number of fused-ring (bicyclic) bond motifs is 7. The second kappa shape index (κ2) is 13.2. The first-order valence-electron chi connectivity index (χ1n) is 19.8. The van der Waals surface area contributed by atoms with Gasteiger partial charge in [-0.1, -0.05) is 39.3 Å². The van der Waals surface area contributed by atoms with E-state index in [-0.39, 0.29) is 17.4 Å². The Morgan fingerprint density at radius 3 is 2.02 bits per heavy atom. The van der Waals surface area contributed by atoms with Crippen molar-refractivity contribution in [1.29, 1.82) is 0 Å². The molecule has 4 heterocycles. The fourth-order valence-electron chi connectivity index (χ4n) is 12.6. The van der Waals surface area contributed by atoms with Gasteiger partial charge in [-0.15, -0.1) is 0 Å². The number of hydrogen-bond acceptors (Lipinski definition) is 12. The van der Waals surface area contributed by atoms with Crippen molar-refractivity contribution >= 4 is 0 Å². The van der Waals surface area contributed by atoms with Crippen molar-refractivity contribution in [2.45, 2.75) is 178 Å². The molecule has 0 aromatic rings.